The maximum atomic E-state index is 9.21. The van der Waals surface area contributed by atoms with E-state index in [1.165, 1.54) is 11.8 Å². The predicted octanol–water partition coefficient (Wildman–Crippen LogP) is 4.13. The van der Waals surface area contributed by atoms with E-state index in [-0.39, 0.29) is 5.92 Å². The minimum absolute atomic E-state index is 0.144. The highest BCUT2D eigenvalue weighted by molar-refractivity contribution is 7.99. The first-order chi connectivity index (χ1) is 8.81. The molecule has 0 radical (unpaired) electrons. The van der Waals surface area contributed by atoms with Gasteiger partial charge >= 0.3 is 0 Å². The molecule has 0 amide bonds. The first kappa shape index (κ1) is 12.9. The lowest BCUT2D eigenvalue weighted by molar-refractivity contribution is 0.991. The summed E-state index contributed by atoms with van der Waals surface area (Å²) in [6.45, 7) is 0. The Kier molecular flexibility index (Phi) is 4.63. The summed E-state index contributed by atoms with van der Waals surface area (Å²) in [4.78, 5) is 4.20. The van der Waals surface area contributed by atoms with Gasteiger partial charge in [0, 0.05) is 11.9 Å². The van der Waals surface area contributed by atoms with Crippen LogP contribution in [-0.2, 0) is 0 Å². The van der Waals surface area contributed by atoms with Crippen molar-refractivity contribution in [1.82, 2.24) is 4.98 Å². The van der Waals surface area contributed by atoms with Crippen molar-refractivity contribution >= 4 is 23.4 Å². The first-order valence-electron chi connectivity index (χ1n) is 5.49. The van der Waals surface area contributed by atoms with Gasteiger partial charge in [0.2, 0.25) is 0 Å². The number of benzene rings is 1. The standard InChI is InChI=1S/C14H11ClN2S/c15-13-7-4-8-17-14(13)18-10-12(9-16)11-5-2-1-3-6-11/h1-8,12H,10H2. The average Bonchev–Trinajstić information content (AvgIpc) is 2.42. The number of nitriles is 1. The molecule has 0 aliphatic carbocycles. The SMILES string of the molecule is N#CC(CSc1ncccc1Cl)c1ccccc1. The van der Waals surface area contributed by atoms with Crippen molar-refractivity contribution in [2.24, 2.45) is 0 Å². The van der Waals surface area contributed by atoms with Crippen LogP contribution in [0.2, 0.25) is 5.02 Å². The summed E-state index contributed by atoms with van der Waals surface area (Å²) < 4.78 is 0. The number of nitrogens with zero attached hydrogens (tertiary/aromatic N) is 2. The van der Waals surface area contributed by atoms with E-state index in [1.807, 2.05) is 30.3 Å². The summed E-state index contributed by atoms with van der Waals surface area (Å²) in [6, 6.07) is 15.7. The molecule has 2 nitrogen and oxygen atoms in total. The molecule has 0 saturated heterocycles. The smallest absolute Gasteiger partial charge is 0.115 e. The van der Waals surface area contributed by atoms with Gasteiger partial charge in [-0.3, -0.25) is 0 Å². The lowest BCUT2D eigenvalue weighted by Gasteiger charge is -2.09. The van der Waals surface area contributed by atoms with E-state index in [1.54, 1.807) is 18.3 Å². The molecule has 0 spiro atoms. The topological polar surface area (TPSA) is 36.7 Å². The second-order valence-electron chi connectivity index (χ2n) is 3.69. The first-order valence-corrected chi connectivity index (χ1v) is 6.85. The molecule has 2 aromatic rings. The molecule has 0 N–H and O–H groups in total. The molecule has 1 aromatic heterocycles. The Bertz CT molecular complexity index is 551. The highest BCUT2D eigenvalue weighted by Gasteiger charge is 2.12. The van der Waals surface area contributed by atoms with E-state index in [0.717, 1.165) is 10.6 Å². The molecule has 0 bridgehead atoms. The van der Waals surface area contributed by atoms with Crippen molar-refractivity contribution in [2.45, 2.75) is 10.9 Å². The van der Waals surface area contributed by atoms with Gasteiger partial charge in [0.05, 0.1) is 17.0 Å². The predicted molar refractivity (Wildman–Crippen MR) is 74.8 cm³/mol. The van der Waals surface area contributed by atoms with Gasteiger partial charge < -0.3 is 0 Å². The van der Waals surface area contributed by atoms with Gasteiger partial charge in [0.25, 0.3) is 0 Å². The number of hydrogen-bond acceptors (Lipinski definition) is 3. The van der Waals surface area contributed by atoms with Crippen molar-refractivity contribution in [3.8, 4) is 6.07 Å². The van der Waals surface area contributed by atoms with Crippen LogP contribution >= 0.6 is 23.4 Å². The number of rotatable bonds is 4. The van der Waals surface area contributed by atoms with Gasteiger partial charge in [-0.1, -0.05) is 41.9 Å². The van der Waals surface area contributed by atoms with Crippen LogP contribution < -0.4 is 0 Å². The zero-order chi connectivity index (χ0) is 12.8. The summed E-state index contributed by atoms with van der Waals surface area (Å²) >= 11 is 7.54. The fourth-order valence-corrected chi connectivity index (χ4v) is 2.75. The lowest BCUT2D eigenvalue weighted by Crippen LogP contribution is -1.99. The molecular formula is C14H11ClN2S. The third kappa shape index (κ3) is 3.25. The number of pyridine rings is 1. The Balaban J connectivity index is 2.05. The van der Waals surface area contributed by atoms with Crippen LogP contribution in [0.1, 0.15) is 11.5 Å². The van der Waals surface area contributed by atoms with Gasteiger partial charge in [0.1, 0.15) is 5.03 Å². The van der Waals surface area contributed by atoms with Gasteiger partial charge in [-0.05, 0) is 17.7 Å². The Labute approximate surface area is 116 Å². The third-order valence-corrected chi connectivity index (χ3v) is 3.99. The maximum absolute atomic E-state index is 9.21. The quantitative estimate of drug-likeness (QED) is 0.787. The maximum Gasteiger partial charge on any atom is 0.115 e. The summed E-state index contributed by atoms with van der Waals surface area (Å²) in [7, 11) is 0. The van der Waals surface area contributed by atoms with E-state index in [2.05, 4.69) is 11.1 Å². The lowest BCUT2D eigenvalue weighted by atomic mass is 10.0. The second kappa shape index (κ2) is 6.44. The van der Waals surface area contributed by atoms with E-state index >= 15 is 0 Å². The molecule has 2 rings (SSSR count). The summed E-state index contributed by atoms with van der Waals surface area (Å²) in [5.74, 6) is 0.506. The zero-order valence-corrected chi connectivity index (χ0v) is 11.2. The molecule has 1 atom stereocenters. The fourth-order valence-electron chi connectivity index (χ4n) is 1.53. The van der Waals surface area contributed by atoms with Crippen molar-refractivity contribution in [2.75, 3.05) is 5.75 Å². The van der Waals surface area contributed by atoms with E-state index in [0.29, 0.717) is 10.8 Å². The molecule has 1 heterocycles. The Morgan fingerprint density at radius 3 is 2.67 bits per heavy atom. The number of thioether (sulfide) groups is 1. The van der Waals surface area contributed by atoms with Crippen molar-refractivity contribution < 1.29 is 0 Å². The normalized spacial score (nSPS) is 11.8. The van der Waals surface area contributed by atoms with Crippen LogP contribution in [0, 0.1) is 11.3 Å². The molecular weight excluding hydrogens is 264 g/mol. The van der Waals surface area contributed by atoms with Crippen LogP contribution in [0.3, 0.4) is 0 Å². The minimum atomic E-state index is -0.144. The van der Waals surface area contributed by atoms with E-state index in [9.17, 15) is 5.26 Å². The molecule has 4 heteroatoms. The van der Waals surface area contributed by atoms with Crippen LogP contribution in [0.4, 0.5) is 0 Å². The monoisotopic (exact) mass is 274 g/mol. The number of aromatic nitrogens is 1. The second-order valence-corrected chi connectivity index (χ2v) is 5.11. The number of halogens is 1. The van der Waals surface area contributed by atoms with Crippen LogP contribution in [-0.4, -0.2) is 10.7 Å². The molecule has 0 fully saturated rings. The largest absolute Gasteiger partial charge is 0.248 e. The summed E-state index contributed by atoms with van der Waals surface area (Å²) in [6.07, 6.45) is 1.71. The highest BCUT2D eigenvalue weighted by atomic mass is 35.5. The summed E-state index contributed by atoms with van der Waals surface area (Å²) in [5.41, 5.74) is 1.03. The van der Waals surface area contributed by atoms with Crippen molar-refractivity contribution in [3.63, 3.8) is 0 Å². The fraction of sp³-hybridized carbons (Fsp3) is 0.143. The Morgan fingerprint density at radius 1 is 1.22 bits per heavy atom. The molecule has 0 saturated carbocycles. The van der Waals surface area contributed by atoms with Crippen molar-refractivity contribution in [1.29, 1.82) is 5.26 Å². The Morgan fingerprint density at radius 2 is 2.00 bits per heavy atom. The molecule has 0 aliphatic heterocycles. The molecule has 1 aromatic carbocycles. The molecule has 90 valence electrons. The Hall–Kier alpha value is -1.50. The van der Waals surface area contributed by atoms with Crippen molar-refractivity contribution in [3.05, 3.63) is 59.2 Å². The number of hydrogen-bond donors (Lipinski definition) is 0. The van der Waals surface area contributed by atoms with E-state index in [4.69, 9.17) is 11.6 Å². The zero-order valence-electron chi connectivity index (χ0n) is 9.58. The van der Waals surface area contributed by atoms with Gasteiger partial charge in [0.15, 0.2) is 0 Å². The van der Waals surface area contributed by atoms with Crippen LogP contribution in [0.5, 0.6) is 0 Å². The van der Waals surface area contributed by atoms with Crippen LogP contribution in [0.25, 0.3) is 0 Å². The third-order valence-electron chi connectivity index (χ3n) is 2.47. The van der Waals surface area contributed by atoms with E-state index < -0.39 is 0 Å². The molecule has 18 heavy (non-hydrogen) atoms. The van der Waals surface area contributed by atoms with Crippen LogP contribution in [0.15, 0.2) is 53.7 Å². The van der Waals surface area contributed by atoms with Gasteiger partial charge in [-0.25, -0.2) is 4.98 Å². The average molecular weight is 275 g/mol. The molecule has 1 unspecified atom stereocenters. The van der Waals surface area contributed by atoms with Gasteiger partial charge in [-0.2, -0.15) is 5.26 Å². The van der Waals surface area contributed by atoms with Gasteiger partial charge in [-0.15, -0.1) is 11.8 Å². The minimum Gasteiger partial charge on any atom is -0.248 e. The highest BCUT2D eigenvalue weighted by Crippen LogP contribution is 2.28. The summed E-state index contributed by atoms with van der Waals surface area (Å²) in [5, 5.41) is 10.6. The molecule has 0 aliphatic rings.